The zero-order valence-electron chi connectivity index (χ0n) is 18.1. The smallest absolute Gasteiger partial charge is 0.339 e. The molecule has 1 aliphatic heterocycles. The minimum absolute atomic E-state index is 0.0487. The zero-order valence-corrected chi connectivity index (χ0v) is 19.7. The second-order valence-corrected chi connectivity index (χ2v) is 10.2. The third-order valence-electron chi connectivity index (χ3n) is 5.38. The van der Waals surface area contributed by atoms with E-state index >= 15 is 0 Å². The lowest BCUT2D eigenvalue weighted by atomic mass is 9.97. The lowest BCUT2D eigenvalue weighted by Gasteiger charge is -2.30. The summed E-state index contributed by atoms with van der Waals surface area (Å²) in [4.78, 5) is 24.7. The number of ether oxygens (including phenoxy) is 1. The van der Waals surface area contributed by atoms with Gasteiger partial charge >= 0.3 is 5.97 Å². The van der Waals surface area contributed by atoms with Gasteiger partial charge in [-0.1, -0.05) is 41.4 Å². The Labute approximate surface area is 193 Å². The lowest BCUT2D eigenvalue weighted by Crippen LogP contribution is -2.41. The number of carbonyl (C=O) groups excluding carboxylic acids is 2. The lowest BCUT2D eigenvalue weighted by molar-refractivity contribution is -0.120. The van der Waals surface area contributed by atoms with Crippen molar-refractivity contribution in [2.75, 3.05) is 25.0 Å². The third kappa shape index (κ3) is 6.09. The summed E-state index contributed by atoms with van der Waals surface area (Å²) < 4.78 is 32.0. The van der Waals surface area contributed by atoms with Crippen LogP contribution < -0.4 is 5.32 Å². The third-order valence-corrected chi connectivity index (χ3v) is 7.56. The van der Waals surface area contributed by atoms with Crippen molar-refractivity contribution >= 4 is 39.2 Å². The van der Waals surface area contributed by atoms with Crippen molar-refractivity contribution in [2.24, 2.45) is 5.92 Å². The maximum Gasteiger partial charge on any atom is 0.339 e. The van der Waals surface area contributed by atoms with E-state index in [1.807, 2.05) is 25.1 Å². The van der Waals surface area contributed by atoms with Gasteiger partial charge in [-0.2, -0.15) is 0 Å². The summed E-state index contributed by atoms with van der Waals surface area (Å²) in [6.07, 6.45) is 0.856. The van der Waals surface area contributed by atoms with Crippen molar-refractivity contribution in [3.8, 4) is 0 Å². The first-order valence-corrected chi connectivity index (χ1v) is 12.5. The van der Waals surface area contributed by atoms with Gasteiger partial charge in [-0.3, -0.25) is 4.79 Å². The number of piperidine rings is 1. The van der Waals surface area contributed by atoms with Gasteiger partial charge in [0.1, 0.15) is 0 Å². The van der Waals surface area contributed by atoms with Crippen LogP contribution in [0.3, 0.4) is 0 Å². The van der Waals surface area contributed by atoms with E-state index in [1.54, 1.807) is 19.1 Å². The Kier molecular flexibility index (Phi) is 7.92. The number of halogens is 1. The van der Waals surface area contributed by atoms with E-state index in [-0.39, 0.29) is 34.8 Å². The van der Waals surface area contributed by atoms with E-state index in [9.17, 15) is 18.0 Å². The van der Waals surface area contributed by atoms with E-state index in [1.165, 1.54) is 16.4 Å². The van der Waals surface area contributed by atoms with E-state index < -0.39 is 16.0 Å². The molecule has 0 bridgehead atoms. The minimum Gasteiger partial charge on any atom is -0.462 e. The first-order chi connectivity index (χ1) is 15.2. The number of benzene rings is 2. The van der Waals surface area contributed by atoms with Crippen LogP contribution in [0.1, 0.15) is 41.3 Å². The number of hydrogen-bond donors (Lipinski definition) is 1. The van der Waals surface area contributed by atoms with Crippen molar-refractivity contribution < 1.29 is 22.7 Å². The maximum absolute atomic E-state index is 12.8. The number of esters is 1. The van der Waals surface area contributed by atoms with E-state index in [4.69, 9.17) is 16.3 Å². The fourth-order valence-electron chi connectivity index (χ4n) is 3.71. The molecule has 3 rings (SSSR count). The summed E-state index contributed by atoms with van der Waals surface area (Å²) in [7, 11) is -3.45. The first kappa shape index (κ1) is 24.2. The van der Waals surface area contributed by atoms with E-state index in [0.717, 1.165) is 11.1 Å². The van der Waals surface area contributed by atoms with Gasteiger partial charge in [-0.15, -0.1) is 0 Å². The molecular formula is C23H27ClN2O5S. The molecule has 1 fully saturated rings. The molecule has 2 aromatic rings. The van der Waals surface area contributed by atoms with Crippen LogP contribution >= 0.6 is 11.6 Å². The van der Waals surface area contributed by atoms with Crippen LogP contribution in [0.2, 0.25) is 5.02 Å². The molecule has 0 atom stereocenters. The van der Waals surface area contributed by atoms with Gasteiger partial charge in [0.15, 0.2) is 0 Å². The zero-order chi connectivity index (χ0) is 23.3. The molecule has 2 aromatic carbocycles. The highest BCUT2D eigenvalue weighted by Crippen LogP contribution is 2.25. The Morgan fingerprint density at radius 3 is 2.53 bits per heavy atom. The summed E-state index contributed by atoms with van der Waals surface area (Å²) in [5, 5.41) is 3.05. The molecule has 0 aliphatic carbocycles. The molecule has 1 heterocycles. The van der Waals surface area contributed by atoms with Crippen LogP contribution in [0.5, 0.6) is 0 Å². The molecule has 1 aliphatic rings. The van der Waals surface area contributed by atoms with Gasteiger partial charge in [0.25, 0.3) is 0 Å². The summed E-state index contributed by atoms with van der Waals surface area (Å²) >= 11 is 6.06. The molecule has 0 saturated carbocycles. The minimum atomic E-state index is -3.45. The highest BCUT2D eigenvalue weighted by atomic mass is 35.5. The van der Waals surface area contributed by atoms with Crippen LogP contribution in [0.15, 0.2) is 42.5 Å². The van der Waals surface area contributed by atoms with Gasteiger partial charge < -0.3 is 10.1 Å². The highest BCUT2D eigenvalue weighted by molar-refractivity contribution is 7.88. The fourth-order valence-corrected chi connectivity index (χ4v) is 5.46. The van der Waals surface area contributed by atoms with Gasteiger partial charge in [0.05, 0.1) is 22.9 Å². The summed E-state index contributed by atoms with van der Waals surface area (Å²) in [5.41, 5.74) is 2.40. The van der Waals surface area contributed by atoms with Crippen LogP contribution in [0.4, 0.5) is 5.69 Å². The average molecular weight is 479 g/mol. The van der Waals surface area contributed by atoms with Gasteiger partial charge in [0, 0.05) is 24.7 Å². The SMILES string of the molecule is CCOC(=O)c1cc(NC(=O)C2CCN(S(=O)(=O)Cc3cccc(C)c3)CC2)ccc1Cl. The number of rotatable bonds is 7. The number of amides is 1. The quantitative estimate of drug-likeness (QED) is 0.607. The van der Waals surface area contributed by atoms with Gasteiger partial charge in [0.2, 0.25) is 15.9 Å². The predicted octanol–water partition coefficient (Wildman–Crippen LogP) is 4.01. The van der Waals surface area contributed by atoms with Crippen LogP contribution in [0, 0.1) is 12.8 Å². The predicted molar refractivity (Wildman–Crippen MR) is 124 cm³/mol. The monoisotopic (exact) mass is 478 g/mol. The number of anilines is 1. The number of nitrogens with one attached hydrogen (secondary N) is 1. The molecule has 0 spiro atoms. The highest BCUT2D eigenvalue weighted by Gasteiger charge is 2.31. The Bertz CT molecular complexity index is 1100. The first-order valence-electron chi connectivity index (χ1n) is 10.5. The Balaban J connectivity index is 1.59. The van der Waals surface area contributed by atoms with Crippen molar-refractivity contribution in [3.05, 3.63) is 64.2 Å². The maximum atomic E-state index is 12.8. The number of carbonyl (C=O) groups is 2. The molecule has 1 amide bonds. The topological polar surface area (TPSA) is 92.8 Å². The number of hydrogen-bond acceptors (Lipinski definition) is 5. The molecule has 9 heteroatoms. The number of sulfonamides is 1. The van der Waals surface area contributed by atoms with Crippen LogP contribution in [0.25, 0.3) is 0 Å². The van der Waals surface area contributed by atoms with Gasteiger partial charge in [-0.25, -0.2) is 17.5 Å². The molecule has 0 aromatic heterocycles. The standard InChI is InChI=1S/C23H27ClN2O5S/c1-3-31-23(28)20-14-19(7-8-21(20)24)25-22(27)18-9-11-26(12-10-18)32(29,30)15-17-6-4-5-16(2)13-17/h4-8,13-14,18H,3,9-12,15H2,1-2H3,(H,25,27). The van der Waals surface area contributed by atoms with Crippen molar-refractivity contribution in [1.29, 1.82) is 0 Å². The van der Waals surface area contributed by atoms with Gasteiger partial charge in [-0.05, 0) is 50.5 Å². The largest absolute Gasteiger partial charge is 0.462 e. The molecular weight excluding hydrogens is 452 g/mol. The van der Waals surface area contributed by atoms with Crippen LogP contribution in [-0.4, -0.2) is 44.3 Å². The molecule has 1 saturated heterocycles. The Hall–Kier alpha value is -2.42. The van der Waals surface area contributed by atoms with Crippen LogP contribution in [-0.2, 0) is 25.3 Å². The second kappa shape index (κ2) is 10.5. The molecule has 1 N–H and O–H groups in total. The number of aryl methyl sites for hydroxylation is 1. The summed E-state index contributed by atoms with van der Waals surface area (Å²) in [6, 6.07) is 12.1. The molecule has 0 radical (unpaired) electrons. The summed E-state index contributed by atoms with van der Waals surface area (Å²) in [5.74, 6) is -1.13. The summed E-state index contributed by atoms with van der Waals surface area (Å²) in [6.45, 7) is 4.43. The number of nitrogens with zero attached hydrogens (tertiary/aromatic N) is 1. The Morgan fingerprint density at radius 1 is 1.16 bits per heavy atom. The average Bonchev–Trinajstić information content (AvgIpc) is 2.75. The van der Waals surface area contributed by atoms with E-state index in [0.29, 0.717) is 31.6 Å². The van der Waals surface area contributed by atoms with Crippen molar-refractivity contribution in [1.82, 2.24) is 4.31 Å². The van der Waals surface area contributed by atoms with Crippen molar-refractivity contribution in [3.63, 3.8) is 0 Å². The Morgan fingerprint density at radius 2 is 1.88 bits per heavy atom. The van der Waals surface area contributed by atoms with Crippen molar-refractivity contribution in [2.45, 2.75) is 32.4 Å². The molecule has 0 unspecified atom stereocenters. The normalized spacial score (nSPS) is 15.3. The van der Waals surface area contributed by atoms with E-state index in [2.05, 4.69) is 5.32 Å². The molecule has 7 nitrogen and oxygen atoms in total. The fraction of sp³-hybridized carbons (Fsp3) is 0.391. The second-order valence-electron chi connectivity index (χ2n) is 7.82. The molecule has 172 valence electrons. The molecule has 32 heavy (non-hydrogen) atoms.